The molecule has 0 fully saturated rings. The quantitative estimate of drug-likeness (QED) is 0.842. The van der Waals surface area contributed by atoms with Crippen molar-refractivity contribution >= 4 is 17.2 Å². The first-order valence-corrected chi connectivity index (χ1v) is 8.48. The van der Waals surface area contributed by atoms with Crippen LogP contribution in [0.1, 0.15) is 46.3 Å². The van der Waals surface area contributed by atoms with E-state index >= 15 is 0 Å². The first-order valence-electron chi connectivity index (χ1n) is 7.67. The maximum atomic E-state index is 12.4. The van der Waals surface area contributed by atoms with E-state index in [9.17, 15) is 4.79 Å². The fourth-order valence-electron chi connectivity index (χ4n) is 2.82. The number of amides is 1. The zero-order valence-corrected chi connectivity index (χ0v) is 14.3. The summed E-state index contributed by atoms with van der Waals surface area (Å²) in [7, 11) is 5.81. The number of carbonyl (C=O) groups excluding carboxylic acids is 1. The number of nitrogens with zero attached hydrogens (tertiary/aromatic N) is 1. The summed E-state index contributed by atoms with van der Waals surface area (Å²) in [5.41, 5.74) is 1.26. The molecular weight excluding hydrogens is 284 g/mol. The van der Waals surface area contributed by atoms with Crippen LogP contribution in [0.25, 0.3) is 0 Å². The Kier molecular flexibility index (Phi) is 5.65. The van der Waals surface area contributed by atoms with Crippen molar-refractivity contribution in [2.24, 2.45) is 0 Å². The van der Waals surface area contributed by atoms with Crippen molar-refractivity contribution in [1.29, 1.82) is 0 Å². The predicted octanol–water partition coefficient (Wildman–Crippen LogP) is 2.71. The Morgan fingerprint density at radius 3 is 2.86 bits per heavy atom. The highest BCUT2D eigenvalue weighted by atomic mass is 32.1. The molecule has 118 valence electrons. The third kappa shape index (κ3) is 3.98. The lowest BCUT2D eigenvalue weighted by molar-refractivity contribution is 0.0939. The summed E-state index contributed by atoms with van der Waals surface area (Å²) < 4.78 is 5.49. The number of nitrogens with one attached hydrogen (secondary N) is 1. The highest BCUT2D eigenvalue weighted by Crippen LogP contribution is 2.40. The summed E-state index contributed by atoms with van der Waals surface area (Å²) in [6.45, 7) is 3.12. The van der Waals surface area contributed by atoms with E-state index in [2.05, 4.69) is 31.2 Å². The van der Waals surface area contributed by atoms with Gasteiger partial charge in [-0.2, -0.15) is 0 Å². The molecule has 0 saturated carbocycles. The summed E-state index contributed by atoms with van der Waals surface area (Å²) in [5.74, 6) is 0.828. The van der Waals surface area contributed by atoms with Gasteiger partial charge in [-0.15, -0.1) is 11.3 Å². The van der Waals surface area contributed by atoms with E-state index in [0.29, 0.717) is 0 Å². The van der Waals surface area contributed by atoms with Crippen molar-refractivity contribution < 1.29 is 9.53 Å². The van der Waals surface area contributed by atoms with E-state index in [4.69, 9.17) is 4.74 Å². The Hall–Kier alpha value is -1.07. The molecule has 0 aromatic carbocycles. The molecule has 1 N–H and O–H groups in total. The van der Waals surface area contributed by atoms with Gasteiger partial charge in [0.15, 0.2) is 0 Å². The van der Waals surface area contributed by atoms with E-state index in [1.807, 2.05) is 0 Å². The van der Waals surface area contributed by atoms with Gasteiger partial charge in [-0.1, -0.05) is 0 Å². The third-order valence-corrected chi connectivity index (χ3v) is 5.17. The van der Waals surface area contributed by atoms with Crippen LogP contribution in [0.5, 0.6) is 5.75 Å². The molecule has 0 aliphatic heterocycles. The average molecular weight is 310 g/mol. The minimum atomic E-state index is 0.0172. The van der Waals surface area contributed by atoms with Gasteiger partial charge in [-0.05, 0) is 59.7 Å². The summed E-state index contributed by atoms with van der Waals surface area (Å²) in [6, 6.07) is 0.194. The molecule has 5 heteroatoms. The average Bonchev–Trinajstić information content (AvgIpc) is 2.97. The van der Waals surface area contributed by atoms with Gasteiger partial charge in [-0.25, -0.2) is 0 Å². The van der Waals surface area contributed by atoms with Crippen LogP contribution in [0.4, 0.5) is 0 Å². The van der Waals surface area contributed by atoms with Crippen molar-refractivity contribution in [2.45, 2.75) is 45.1 Å². The van der Waals surface area contributed by atoms with E-state index in [0.717, 1.165) is 42.9 Å². The largest absolute Gasteiger partial charge is 0.495 e. The zero-order chi connectivity index (χ0) is 15.4. The van der Waals surface area contributed by atoms with Crippen LogP contribution in [0.3, 0.4) is 0 Å². The lowest BCUT2D eigenvalue weighted by Gasteiger charge is -2.15. The number of thiophene rings is 1. The van der Waals surface area contributed by atoms with Gasteiger partial charge >= 0.3 is 0 Å². The molecule has 21 heavy (non-hydrogen) atoms. The summed E-state index contributed by atoms with van der Waals surface area (Å²) in [4.78, 5) is 16.7. The smallest absolute Gasteiger partial charge is 0.265 e. The van der Waals surface area contributed by atoms with E-state index in [-0.39, 0.29) is 11.9 Å². The molecule has 2 rings (SSSR count). The van der Waals surface area contributed by atoms with Gasteiger partial charge < -0.3 is 15.0 Å². The second-order valence-corrected chi connectivity index (χ2v) is 7.14. The molecule has 1 heterocycles. The van der Waals surface area contributed by atoms with Gasteiger partial charge in [-0.3, -0.25) is 4.79 Å². The second-order valence-electron chi connectivity index (χ2n) is 6.04. The molecule has 4 nitrogen and oxygen atoms in total. The number of methoxy groups -OCH3 is 1. The maximum absolute atomic E-state index is 12.4. The number of fused-ring (bicyclic) bond motifs is 1. The summed E-state index contributed by atoms with van der Waals surface area (Å²) in [6.07, 6.45) is 5.40. The molecule has 1 unspecified atom stereocenters. The normalized spacial score (nSPS) is 15.1. The van der Waals surface area contributed by atoms with Crippen molar-refractivity contribution in [3.05, 3.63) is 15.3 Å². The first-order chi connectivity index (χ1) is 10.0. The van der Waals surface area contributed by atoms with Crippen LogP contribution < -0.4 is 10.1 Å². The number of aryl methyl sites for hydroxylation is 1. The Balaban J connectivity index is 1.94. The molecule has 1 aliphatic carbocycles. The molecule has 1 aromatic rings. The second kappa shape index (κ2) is 7.27. The van der Waals surface area contributed by atoms with Gasteiger partial charge in [0.1, 0.15) is 10.6 Å². The number of rotatable bonds is 7. The lowest BCUT2D eigenvalue weighted by atomic mass is 10.1. The minimum Gasteiger partial charge on any atom is -0.495 e. The molecule has 0 saturated heterocycles. The van der Waals surface area contributed by atoms with Gasteiger partial charge in [0, 0.05) is 16.5 Å². The predicted molar refractivity (Wildman–Crippen MR) is 87.6 cm³/mol. The first kappa shape index (κ1) is 16.3. The molecule has 1 aromatic heterocycles. The van der Waals surface area contributed by atoms with Crippen LogP contribution in [-0.2, 0) is 12.8 Å². The van der Waals surface area contributed by atoms with Crippen LogP contribution in [0, 0.1) is 0 Å². The third-order valence-electron chi connectivity index (χ3n) is 3.90. The van der Waals surface area contributed by atoms with Crippen molar-refractivity contribution in [3.8, 4) is 5.75 Å². The minimum absolute atomic E-state index is 0.0172. The van der Waals surface area contributed by atoms with Crippen LogP contribution in [-0.4, -0.2) is 44.6 Å². The monoisotopic (exact) mass is 310 g/mol. The van der Waals surface area contributed by atoms with Crippen LogP contribution in [0.2, 0.25) is 0 Å². The Labute approximate surface area is 131 Å². The van der Waals surface area contributed by atoms with Crippen molar-refractivity contribution in [3.63, 3.8) is 0 Å². The SMILES string of the molecule is COc1c(C(=O)NC(C)CCCN(C)C)sc2c1CCC2. The molecular formula is C16H26N2O2S. The zero-order valence-electron chi connectivity index (χ0n) is 13.5. The van der Waals surface area contributed by atoms with E-state index in [1.165, 1.54) is 16.9 Å². The van der Waals surface area contributed by atoms with E-state index < -0.39 is 0 Å². The van der Waals surface area contributed by atoms with Crippen molar-refractivity contribution in [1.82, 2.24) is 10.2 Å². The summed E-state index contributed by atoms with van der Waals surface area (Å²) in [5, 5.41) is 3.11. The maximum Gasteiger partial charge on any atom is 0.265 e. The molecule has 1 aliphatic rings. The molecule has 0 bridgehead atoms. The van der Waals surface area contributed by atoms with Gasteiger partial charge in [0.05, 0.1) is 7.11 Å². The topological polar surface area (TPSA) is 41.6 Å². The fraction of sp³-hybridized carbons (Fsp3) is 0.688. The molecule has 0 radical (unpaired) electrons. The Bertz CT molecular complexity index is 497. The lowest BCUT2D eigenvalue weighted by Crippen LogP contribution is -2.32. The highest BCUT2D eigenvalue weighted by Gasteiger charge is 2.26. The Morgan fingerprint density at radius 2 is 2.19 bits per heavy atom. The fourth-order valence-corrected chi connectivity index (χ4v) is 4.08. The molecule has 1 amide bonds. The Morgan fingerprint density at radius 1 is 1.43 bits per heavy atom. The standard InChI is InChI=1S/C16H26N2O2S/c1-11(7-6-10-18(2)3)17-16(19)15-14(20-4)12-8-5-9-13(12)21-15/h11H,5-10H2,1-4H3,(H,17,19). The van der Waals surface area contributed by atoms with Gasteiger partial charge in [0.25, 0.3) is 5.91 Å². The van der Waals surface area contributed by atoms with E-state index in [1.54, 1.807) is 18.4 Å². The van der Waals surface area contributed by atoms with Crippen molar-refractivity contribution in [2.75, 3.05) is 27.7 Å². The number of hydrogen-bond donors (Lipinski definition) is 1. The van der Waals surface area contributed by atoms with Crippen LogP contribution in [0.15, 0.2) is 0 Å². The number of ether oxygens (including phenoxy) is 1. The molecule has 0 spiro atoms. The molecule has 1 atom stereocenters. The van der Waals surface area contributed by atoms with Gasteiger partial charge in [0.2, 0.25) is 0 Å². The van der Waals surface area contributed by atoms with Crippen LogP contribution >= 0.6 is 11.3 Å². The highest BCUT2D eigenvalue weighted by molar-refractivity contribution is 7.14. The number of carbonyl (C=O) groups is 1. The number of hydrogen-bond acceptors (Lipinski definition) is 4. The summed E-state index contributed by atoms with van der Waals surface area (Å²) >= 11 is 1.61.